The largest absolute Gasteiger partial charge is 0.395 e. The zero-order chi connectivity index (χ0) is 23.4. The minimum atomic E-state index is -0.170. The lowest BCUT2D eigenvalue weighted by Crippen LogP contribution is -2.47. The van der Waals surface area contributed by atoms with E-state index < -0.39 is 0 Å². The summed E-state index contributed by atoms with van der Waals surface area (Å²) in [7, 11) is 0. The summed E-state index contributed by atoms with van der Waals surface area (Å²) in [5.41, 5.74) is 3.53. The van der Waals surface area contributed by atoms with Crippen LogP contribution in [0, 0.1) is 20.8 Å². The van der Waals surface area contributed by atoms with Crippen LogP contribution in [0.5, 0.6) is 0 Å². The maximum atomic E-state index is 12.8. The van der Waals surface area contributed by atoms with Crippen LogP contribution < -0.4 is 10.2 Å². The van der Waals surface area contributed by atoms with Crippen molar-refractivity contribution in [2.24, 2.45) is 0 Å². The maximum Gasteiger partial charge on any atom is 0.267 e. The molecule has 0 bridgehead atoms. The van der Waals surface area contributed by atoms with E-state index in [0.29, 0.717) is 17.8 Å². The van der Waals surface area contributed by atoms with Crippen molar-refractivity contribution in [1.29, 1.82) is 0 Å². The molecule has 0 atom stereocenters. The van der Waals surface area contributed by atoms with E-state index in [-0.39, 0.29) is 12.5 Å². The first-order valence-electron chi connectivity index (χ1n) is 11.0. The summed E-state index contributed by atoms with van der Waals surface area (Å²) in [6, 6.07) is 2.01. The Balaban J connectivity index is 1.43. The molecule has 4 heterocycles. The molecule has 0 aliphatic carbocycles. The number of aromatic nitrogens is 4. The third-order valence-corrected chi connectivity index (χ3v) is 6.66. The number of amides is 1. The summed E-state index contributed by atoms with van der Waals surface area (Å²) in [5, 5.41) is 13.0. The fraction of sp³-hybridized carbons (Fsp3) is 0.435. The molecular formula is C23H29N7O2S. The molecule has 3 aromatic rings. The standard InChI is InChI=1S/C23H29N7O2S/c1-15-12-24-13-16(2)22(15)28-23(32)19-14-25-21(33-19)11-18-10-20(27-17(3)26-18)30-6-4-29(5-7-30)8-9-31/h10,12-14,31H,4-9,11H2,1-3H3,(H,24,28,32). The molecule has 0 aromatic carbocycles. The minimum Gasteiger partial charge on any atom is -0.395 e. The van der Waals surface area contributed by atoms with Crippen LogP contribution in [0.1, 0.15) is 37.3 Å². The fourth-order valence-electron chi connectivity index (χ4n) is 3.93. The van der Waals surface area contributed by atoms with Crippen molar-refractivity contribution >= 4 is 28.7 Å². The summed E-state index contributed by atoms with van der Waals surface area (Å²) in [6.07, 6.45) is 5.65. The van der Waals surface area contributed by atoms with E-state index in [9.17, 15) is 4.79 Å². The number of thiazole rings is 1. The second kappa shape index (κ2) is 10.3. The van der Waals surface area contributed by atoms with Crippen LogP contribution in [0.3, 0.4) is 0 Å². The van der Waals surface area contributed by atoms with Gasteiger partial charge in [0.1, 0.15) is 16.5 Å². The number of hydrogen-bond donors (Lipinski definition) is 2. The number of nitrogens with one attached hydrogen (secondary N) is 1. The number of aliphatic hydroxyl groups excluding tert-OH is 1. The topological polar surface area (TPSA) is 107 Å². The molecule has 3 aromatic heterocycles. The Morgan fingerprint density at radius 3 is 2.52 bits per heavy atom. The van der Waals surface area contributed by atoms with Gasteiger partial charge < -0.3 is 15.3 Å². The fourth-order valence-corrected chi connectivity index (χ4v) is 4.76. The number of pyridine rings is 1. The number of hydrogen-bond acceptors (Lipinski definition) is 9. The van der Waals surface area contributed by atoms with E-state index in [1.807, 2.05) is 26.8 Å². The van der Waals surface area contributed by atoms with E-state index in [0.717, 1.165) is 65.3 Å². The van der Waals surface area contributed by atoms with E-state index >= 15 is 0 Å². The Kier molecular flexibility index (Phi) is 7.26. The molecule has 174 valence electrons. The maximum absolute atomic E-state index is 12.8. The second-order valence-corrected chi connectivity index (χ2v) is 9.33. The Morgan fingerprint density at radius 2 is 1.82 bits per heavy atom. The monoisotopic (exact) mass is 467 g/mol. The summed E-state index contributed by atoms with van der Waals surface area (Å²) in [5.74, 6) is 1.47. The first-order chi connectivity index (χ1) is 15.9. The van der Waals surface area contributed by atoms with Crippen LogP contribution in [-0.4, -0.2) is 75.2 Å². The number of aliphatic hydroxyl groups is 1. The van der Waals surface area contributed by atoms with Gasteiger partial charge in [0.15, 0.2) is 0 Å². The molecule has 1 aliphatic rings. The highest BCUT2D eigenvalue weighted by atomic mass is 32.1. The van der Waals surface area contributed by atoms with Gasteiger partial charge in [0.05, 0.1) is 23.5 Å². The van der Waals surface area contributed by atoms with Gasteiger partial charge in [-0.1, -0.05) is 0 Å². The third-order valence-electron chi connectivity index (χ3n) is 5.66. The average Bonchev–Trinajstić information content (AvgIpc) is 3.25. The van der Waals surface area contributed by atoms with E-state index in [2.05, 4.69) is 35.1 Å². The summed E-state index contributed by atoms with van der Waals surface area (Å²) in [6.45, 7) is 10.2. The van der Waals surface area contributed by atoms with Crippen LogP contribution in [-0.2, 0) is 6.42 Å². The number of nitrogens with zero attached hydrogens (tertiary/aromatic N) is 6. The normalized spacial score (nSPS) is 14.5. The molecule has 4 rings (SSSR count). The first-order valence-corrected chi connectivity index (χ1v) is 11.8. The highest BCUT2D eigenvalue weighted by Gasteiger charge is 2.19. The Labute approximate surface area is 197 Å². The van der Waals surface area contributed by atoms with Gasteiger partial charge >= 0.3 is 0 Å². The summed E-state index contributed by atoms with van der Waals surface area (Å²) in [4.78, 5) is 35.7. The molecule has 1 fully saturated rings. The molecule has 1 saturated heterocycles. The first kappa shape index (κ1) is 23.2. The third kappa shape index (κ3) is 5.70. The second-order valence-electron chi connectivity index (χ2n) is 8.21. The van der Waals surface area contributed by atoms with Gasteiger partial charge in [-0.15, -0.1) is 11.3 Å². The van der Waals surface area contributed by atoms with Crippen molar-refractivity contribution in [2.45, 2.75) is 27.2 Å². The molecule has 1 amide bonds. The van der Waals surface area contributed by atoms with E-state index in [4.69, 9.17) is 5.11 Å². The molecule has 33 heavy (non-hydrogen) atoms. The van der Waals surface area contributed by atoms with Gasteiger partial charge in [-0.3, -0.25) is 14.7 Å². The molecular weight excluding hydrogens is 438 g/mol. The van der Waals surface area contributed by atoms with Gasteiger partial charge in [0, 0.05) is 63.3 Å². The Morgan fingerprint density at radius 1 is 1.09 bits per heavy atom. The van der Waals surface area contributed by atoms with Crippen molar-refractivity contribution in [1.82, 2.24) is 24.8 Å². The van der Waals surface area contributed by atoms with Crippen molar-refractivity contribution in [3.8, 4) is 0 Å². The Bertz CT molecular complexity index is 1110. The number of carbonyl (C=O) groups excluding carboxylic acids is 1. The SMILES string of the molecule is Cc1nc(Cc2ncc(C(=O)Nc3c(C)cncc3C)s2)cc(N2CCN(CCO)CC2)n1. The highest BCUT2D eigenvalue weighted by Crippen LogP contribution is 2.23. The Hall–Kier alpha value is -2.95. The van der Waals surface area contributed by atoms with Crippen LogP contribution in [0.4, 0.5) is 11.5 Å². The zero-order valence-electron chi connectivity index (χ0n) is 19.2. The highest BCUT2D eigenvalue weighted by molar-refractivity contribution is 7.13. The summed E-state index contributed by atoms with van der Waals surface area (Å²) < 4.78 is 0. The number of rotatable bonds is 7. The molecule has 1 aliphatic heterocycles. The van der Waals surface area contributed by atoms with Gasteiger partial charge in [-0.05, 0) is 31.9 Å². The lowest BCUT2D eigenvalue weighted by atomic mass is 10.2. The smallest absolute Gasteiger partial charge is 0.267 e. The number of carbonyl (C=O) groups is 1. The predicted molar refractivity (Wildman–Crippen MR) is 129 cm³/mol. The molecule has 10 heteroatoms. The molecule has 0 saturated carbocycles. The van der Waals surface area contributed by atoms with Crippen LogP contribution in [0.2, 0.25) is 0 Å². The summed E-state index contributed by atoms with van der Waals surface area (Å²) >= 11 is 1.38. The average molecular weight is 468 g/mol. The van der Waals surface area contributed by atoms with E-state index in [1.165, 1.54) is 11.3 Å². The number of anilines is 2. The molecule has 0 spiro atoms. The van der Waals surface area contributed by atoms with Crippen molar-refractivity contribution in [2.75, 3.05) is 49.5 Å². The predicted octanol–water partition coefficient (Wildman–Crippen LogP) is 2.21. The molecule has 0 unspecified atom stereocenters. The van der Waals surface area contributed by atoms with Crippen molar-refractivity contribution in [3.63, 3.8) is 0 Å². The number of β-amino-alcohol motifs (C(OH)–C–C–N with tert-alkyl or cyclic N) is 1. The van der Waals surface area contributed by atoms with Crippen molar-refractivity contribution < 1.29 is 9.90 Å². The van der Waals surface area contributed by atoms with Crippen LogP contribution in [0.15, 0.2) is 24.7 Å². The van der Waals surface area contributed by atoms with E-state index in [1.54, 1.807) is 18.6 Å². The lowest BCUT2D eigenvalue weighted by Gasteiger charge is -2.35. The van der Waals surface area contributed by atoms with Crippen molar-refractivity contribution in [3.05, 3.63) is 57.2 Å². The van der Waals surface area contributed by atoms with Gasteiger partial charge in [0.25, 0.3) is 5.91 Å². The van der Waals surface area contributed by atoms with Gasteiger partial charge in [0.2, 0.25) is 0 Å². The quantitative estimate of drug-likeness (QED) is 0.545. The number of aryl methyl sites for hydroxylation is 3. The van der Waals surface area contributed by atoms with Crippen LogP contribution >= 0.6 is 11.3 Å². The van der Waals surface area contributed by atoms with Crippen LogP contribution in [0.25, 0.3) is 0 Å². The zero-order valence-corrected chi connectivity index (χ0v) is 20.0. The lowest BCUT2D eigenvalue weighted by molar-refractivity contribution is 0.103. The molecule has 9 nitrogen and oxygen atoms in total. The molecule has 2 N–H and O–H groups in total. The number of piperazine rings is 1. The molecule has 0 radical (unpaired) electrons. The van der Waals surface area contributed by atoms with Gasteiger partial charge in [-0.25, -0.2) is 15.0 Å². The van der Waals surface area contributed by atoms with Gasteiger partial charge in [-0.2, -0.15) is 0 Å². The minimum absolute atomic E-state index is 0.170.